The molecule has 0 saturated heterocycles. The number of amides is 1. The number of thiophene rings is 1. The molecule has 1 aromatic carbocycles. The summed E-state index contributed by atoms with van der Waals surface area (Å²) in [6.07, 6.45) is 3.46. The summed E-state index contributed by atoms with van der Waals surface area (Å²) >= 11 is 1.00. The SMILES string of the molecule is CS(=O)(=O)NCc1csc2c1S(=O)(=O)N=C(C1=C(O)C3C4CCC(C4)C3N(Cc3ccc(F)c(F)c3)C1=O)N2. The standard InChI is InChI=1S/C24H24F2N4O6S3/c1-38(33,34)27-8-14-10-37-23-21(14)39(35,36)29-22(28-23)18-20(31)17-12-3-4-13(7-12)19(17)30(24(18)32)9-11-2-5-15(25)16(26)6-11/h2,5-6,10,12-13,17,19,27,31H,3-4,7-9H2,1H3,(H,28,29). The molecule has 1 aromatic heterocycles. The average Bonchev–Trinajstić information content (AvgIpc) is 3.57. The van der Waals surface area contributed by atoms with Crippen molar-refractivity contribution >= 4 is 48.1 Å². The van der Waals surface area contributed by atoms with Gasteiger partial charge in [0.1, 0.15) is 21.2 Å². The number of fused-ring (bicyclic) bond motifs is 6. The van der Waals surface area contributed by atoms with Gasteiger partial charge in [0.15, 0.2) is 17.5 Å². The molecule has 2 saturated carbocycles. The normalized spacial score (nSPS) is 27.3. The van der Waals surface area contributed by atoms with Gasteiger partial charge in [-0.05, 0) is 54.2 Å². The second-order valence-electron chi connectivity index (χ2n) is 10.3. The van der Waals surface area contributed by atoms with E-state index in [1.165, 1.54) is 16.3 Å². The van der Waals surface area contributed by atoms with Gasteiger partial charge in [-0.15, -0.1) is 15.7 Å². The van der Waals surface area contributed by atoms with Crippen LogP contribution in [-0.2, 0) is 37.9 Å². The molecule has 3 heterocycles. The van der Waals surface area contributed by atoms with Gasteiger partial charge in [-0.3, -0.25) is 4.79 Å². The molecule has 2 bridgehead atoms. The number of anilines is 1. The molecular formula is C24H24F2N4O6S3. The van der Waals surface area contributed by atoms with Crippen molar-refractivity contribution in [2.24, 2.45) is 22.2 Å². The minimum Gasteiger partial charge on any atom is -0.511 e. The first-order chi connectivity index (χ1) is 18.3. The zero-order chi connectivity index (χ0) is 27.9. The lowest BCUT2D eigenvalue weighted by Gasteiger charge is -2.44. The van der Waals surface area contributed by atoms with Crippen LogP contribution < -0.4 is 10.0 Å². The minimum absolute atomic E-state index is 0.0528. The zero-order valence-corrected chi connectivity index (χ0v) is 23.0. The Hall–Kier alpha value is -2.88. The Morgan fingerprint density at radius 3 is 2.69 bits per heavy atom. The Morgan fingerprint density at radius 1 is 1.23 bits per heavy atom. The van der Waals surface area contributed by atoms with Crippen molar-refractivity contribution in [2.75, 3.05) is 11.6 Å². The number of hydrogen-bond donors (Lipinski definition) is 3. The third-order valence-electron chi connectivity index (χ3n) is 7.90. The van der Waals surface area contributed by atoms with Gasteiger partial charge < -0.3 is 15.3 Å². The lowest BCUT2D eigenvalue weighted by atomic mass is 9.77. The van der Waals surface area contributed by atoms with Crippen molar-refractivity contribution in [2.45, 2.75) is 43.3 Å². The van der Waals surface area contributed by atoms with E-state index in [4.69, 9.17) is 0 Å². The molecule has 6 rings (SSSR count). The van der Waals surface area contributed by atoms with Crippen LogP contribution in [0.15, 0.2) is 44.2 Å². The van der Waals surface area contributed by atoms with E-state index in [2.05, 4.69) is 14.4 Å². The number of nitrogens with zero attached hydrogens (tertiary/aromatic N) is 2. The maximum Gasteiger partial charge on any atom is 0.287 e. The molecule has 4 aliphatic rings. The van der Waals surface area contributed by atoms with E-state index in [-0.39, 0.29) is 63.6 Å². The first-order valence-electron chi connectivity index (χ1n) is 12.2. The maximum absolute atomic E-state index is 14.0. The molecule has 2 aliphatic carbocycles. The third-order valence-corrected chi connectivity index (χ3v) is 11.0. The highest BCUT2D eigenvalue weighted by molar-refractivity contribution is 7.91. The number of benzene rings is 1. The topological polar surface area (TPSA) is 145 Å². The number of aliphatic hydroxyl groups is 1. The van der Waals surface area contributed by atoms with E-state index in [0.717, 1.165) is 49.0 Å². The number of amidine groups is 1. The summed E-state index contributed by atoms with van der Waals surface area (Å²) in [5.41, 5.74) is 0.279. The van der Waals surface area contributed by atoms with E-state index >= 15 is 0 Å². The Labute approximate surface area is 227 Å². The fraction of sp³-hybridized carbons (Fsp3) is 0.417. The second-order valence-corrected chi connectivity index (χ2v) is 14.6. The molecule has 10 nitrogen and oxygen atoms in total. The van der Waals surface area contributed by atoms with Gasteiger partial charge in [0.2, 0.25) is 10.0 Å². The van der Waals surface area contributed by atoms with E-state index in [1.807, 2.05) is 0 Å². The predicted molar refractivity (Wildman–Crippen MR) is 139 cm³/mol. The molecule has 208 valence electrons. The van der Waals surface area contributed by atoms with Crippen LogP contribution in [0.3, 0.4) is 0 Å². The number of carbonyl (C=O) groups excluding carboxylic acids is 1. The van der Waals surface area contributed by atoms with Crippen LogP contribution in [-0.4, -0.2) is 50.9 Å². The van der Waals surface area contributed by atoms with Crippen LogP contribution in [0, 0.1) is 29.4 Å². The Kier molecular flexibility index (Phi) is 6.13. The molecule has 2 aromatic rings. The number of hydrogen-bond acceptors (Lipinski definition) is 8. The highest BCUT2D eigenvalue weighted by atomic mass is 32.2. The summed E-state index contributed by atoms with van der Waals surface area (Å²) in [6.45, 7) is -0.319. The van der Waals surface area contributed by atoms with Crippen molar-refractivity contribution in [3.63, 3.8) is 0 Å². The monoisotopic (exact) mass is 598 g/mol. The lowest BCUT2D eigenvalue weighted by Crippen LogP contribution is -2.53. The molecule has 39 heavy (non-hydrogen) atoms. The van der Waals surface area contributed by atoms with E-state index in [9.17, 15) is 35.5 Å². The van der Waals surface area contributed by atoms with Crippen molar-refractivity contribution in [1.29, 1.82) is 0 Å². The first kappa shape index (κ1) is 26.3. The first-order valence-corrected chi connectivity index (χ1v) is 16.4. The molecule has 4 atom stereocenters. The van der Waals surface area contributed by atoms with E-state index in [0.29, 0.717) is 5.56 Å². The molecule has 2 aliphatic heterocycles. The number of nitrogens with one attached hydrogen (secondary N) is 2. The molecule has 1 amide bonds. The largest absolute Gasteiger partial charge is 0.511 e. The van der Waals surface area contributed by atoms with Crippen LogP contribution in [0.25, 0.3) is 0 Å². The van der Waals surface area contributed by atoms with Crippen LogP contribution in [0.4, 0.5) is 13.8 Å². The minimum atomic E-state index is -4.37. The summed E-state index contributed by atoms with van der Waals surface area (Å²) in [7, 11) is -7.96. The predicted octanol–water partition coefficient (Wildman–Crippen LogP) is 2.86. The summed E-state index contributed by atoms with van der Waals surface area (Å²) in [5, 5.41) is 15.9. The lowest BCUT2D eigenvalue weighted by molar-refractivity contribution is -0.134. The molecule has 4 unspecified atom stereocenters. The van der Waals surface area contributed by atoms with Crippen LogP contribution in [0.5, 0.6) is 0 Å². The Bertz CT molecular complexity index is 1680. The fourth-order valence-corrected chi connectivity index (χ4v) is 9.40. The highest BCUT2D eigenvalue weighted by Crippen LogP contribution is 2.55. The molecule has 0 radical (unpaired) electrons. The van der Waals surface area contributed by atoms with Gasteiger partial charge in [0.25, 0.3) is 15.9 Å². The number of halogens is 2. The highest BCUT2D eigenvalue weighted by Gasteiger charge is 2.57. The number of carbonyl (C=O) groups is 1. The number of aliphatic hydroxyl groups excluding tert-OH is 1. The van der Waals surface area contributed by atoms with Crippen LogP contribution in [0.1, 0.15) is 30.4 Å². The number of rotatable bonds is 6. The van der Waals surface area contributed by atoms with E-state index < -0.39 is 43.5 Å². The molecule has 2 fully saturated rings. The molecular weight excluding hydrogens is 574 g/mol. The Morgan fingerprint density at radius 2 is 1.97 bits per heavy atom. The van der Waals surface area contributed by atoms with Crippen LogP contribution in [0.2, 0.25) is 0 Å². The third kappa shape index (κ3) is 4.44. The van der Waals surface area contributed by atoms with E-state index in [1.54, 1.807) is 0 Å². The van der Waals surface area contributed by atoms with Crippen molar-refractivity contribution in [3.8, 4) is 0 Å². The molecule has 3 N–H and O–H groups in total. The maximum atomic E-state index is 14.0. The van der Waals surface area contributed by atoms with Gasteiger partial charge in [0.05, 0.1) is 6.26 Å². The zero-order valence-electron chi connectivity index (χ0n) is 20.5. The van der Waals surface area contributed by atoms with Crippen molar-refractivity contribution < 1.29 is 35.5 Å². The average molecular weight is 599 g/mol. The van der Waals surface area contributed by atoms with Gasteiger partial charge >= 0.3 is 0 Å². The van der Waals surface area contributed by atoms with Gasteiger partial charge in [-0.2, -0.15) is 8.42 Å². The fourth-order valence-electron chi connectivity index (χ4n) is 6.37. The van der Waals surface area contributed by atoms with Crippen molar-refractivity contribution in [1.82, 2.24) is 9.62 Å². The van der Waals surface area contributed by atoms with Gasteiger partial charge in [-0.25, -0.2) is 21.9 Å². The summed E-state index contributed by atoms with van der Waals surface area (Å²) in [6, 6.07) is 3.03. The van der Waals surface area contributed by atoms with Gasteiger partial charge in [0, 0.05) is 30.6 Å². The molecule has 15 heteroatoms. The quantitative estimate of drug-likeness (QED) is 0.464. The number of sulfonamides is 2. The van der Waals surface area contributed by atoms with Gasteiger partial charge in [-0.1, -0.05) is 6.07 Å². The summed E-state index contributed by atoms with van der Waals surface area (Å²) in [5.74, 6) is -3.50. The second kappa shape index (κ2) is 9.08. The smallest absolute Gasteiger partial charge is 0.287 e. The Balaban J connectivity index is 1.39. The van der Waals surface area contributed by atoms with Crippen LogP contribution >= 0.6 is 11.3 Å². The summed E-state index contributed by atoms with van der Waals surface area (Å²) in [4.78, 5) is 15.2. The van der Waals surface area contributed by atoms with Crippen molar-refractivity contribution in [3.05, 3.63) is 57.7 Å². The molecule has 0 spiro atoms. The summed E-state index contributed by atoms with van der Waals surface area (Å²) < 4.78 is 83.1.